The average molecular weight is 565 g/mol. The van der Waals surface area contributed by atoms with E-state index in [1.165, 1.54) is 135 Å². The molecule has 0 rings (SSSR count). The van der Waals surface area contributed by atoms with Crippen LogP contribution < -0.4 is 0 Å². The summed E-state index contributed by atoms with van der Waals surface area (Å²) in [5.41, 5.74) is 0. The van der Waals surface area contributed by atoms with E-state index in [4.69, 9.17) is 0 Å². The quantitative estimate of drug-likeness (QED) is 0.0601. The molecule has 0 aliphatic heterocycles. The fourth-order valence-electron chi connectivity index (χ4n) is 5.98. The van der Waals surface area contributed by atoms with Crippen molar-refractivity contribution >= 4 is 28.3 Å². The van der Waals surface area contributed by atoms with Crippen LogP contribution in [0.25, 0.3) is 0 Å². The van der Waals surface area contributed by atoms with Crippen molar-refractivity contribution in [2.75, 3.05) is 0 Å². The Morgan fingerprint density at radius 3 is 0.632 bits per heavy atom. The van der Waals surface area contributed by atoms with Crippen LogP contribution in [0.15, 0.2) is 0 Å². The van der Waals surface area contributed by atoms with E-state index in [9.17, 15) is 0 Å². The third kappa shape index (κ3) is 35.1. The van der Waals surface area contributed by atoms with Crippen molar-refractivity contribution in [3.63, 3.8) is 0 Å². The van der Waals surface area contributed by atoms with Gasteiger partial charge in [-0.3, -0.25) is 0 Å². The summed E-state index contributed by atoms with van der Waals surface area (Å²) >= 11 is -0.697. The zero-order chi connectivity index (χ0) is 28.4. The van der Waals surface area contributed by atoms with Gasteiger partial charge in [-0.1, -0.05) is 227 Å². The Morgan fingerprint density at radius 1 is 0.211 bits per heavy atom. The van der Waals surface area contributed by atoms with Crippen molar-refractivity contribution in [3.05, 3.63) is 0 Å². The highest BCUT2D eigenvalue weighted by Crippen LogP contribution is 2.20. The summed E-state index contributed by atoms with van der Waals surface area (Å²) in [6.45, 7) is 13.9. The van der Waals surface area contributed by atoms with Crippen LogP contribution in [0.3, 0.4) is 0 Å². The monoisotopic (exact) mass is 565 g/mol. The van der Waals surface area contributed by atoms with Crippen LogP contribution in [0.5, 0.6) is 0 Å². The van der Waals surface area contributed by atoms with E-state index < -0.39 is 14.1 Å². The molecule has 0 aromatic rings. The zero-order valence-electron chi connectivity index (χ0n) is 28.4. The molecule has 0 nitrogen and oxygen atoms in total. The van der Waals surface area contributed by atoms with Gasteiger partial charge in [0.1, 0.15) is 0 Å². The van der Waals surface area contributed by atoms with Crippen LogP contribution in [-0.2, 0) is 0 Å². The lowest BCUT2D eigenvalue weighted by atomic mass is 10.1. The molecule has 0 atom stereocenters. The Bertz CT molecular complexity index is 326. The van der Waals surface area contributed by atoms with Crippen LogP contribution in [0.4, 0.5) is 0 Å². The van der Waals surface area contributed by atoms with Gasteiger partial charge in [0.05, 0.1) is 0 Å². The Balaban J connectivity index is 0. The van der Waals surface area contributed by atoms with Crippen molar-refractivity contribution in [1.29, 1.82) is 0 Å². The molecule has 0 radical (unpaired) electrons. The van der Waals surface area contributed by atoms with E-state index in [-0.39, 0.29) is 14.1 Å². The fourth-order valence-corrected chi connectivity index (χ4v) is 13.3. The molecule has 228 valence electrons. The van der Waals surface area contributed by atoms with Gasteiger partial charge in [0, 0.05) is 0 Å². The molecule has 0 aromatic carbocycles. The van der Waals surface area contributed by atoms with Crippen molar-refractivity contribution in [3.8, 4) is 0 Å². The van der Waals surface area contributed by atoms with Crippen LogP contribution in [0.2, 0.25) is 31.7 Å². The van der Waals surface area contributed by atoms with Crippen LogP contribution in [0.1, 0.15) is 196 Å². The summed E-state index contributed by atoms with van der Waals surface area (Å²) in [6, 6.07) is 0. The van der Waals surface area contributed by atoms with Gasteiger partial charge in [-0.15, -0.1) is 0 Å². The average Bonchev–Trinajstić information content (AvgIpc) is 2.93. The third-order valence-electron chi connectivity index (χ3n) is 8.80. The Hall–Kier alpha value is 1.06. The Morgan fingerprint density at radius 2 is 0.395 bits per heavy atom. The first-order valence-electron chi connectivity index (χ1n) is 18.7. The maximum Gasteiger partial charge on any atom is 0.261 e. The van der Waals surface area contributed by atoms with Crippen molar-refractivity contribution < 1.29 is 0 Å². The van der Waals surface area contributed by atoms with E-state index in [1.807, 2.05) is 0 Å². The summed E-state index contributed by atoms with van der Waals surface area (Å²) in [4.78, 5) is 0. The van der Waals surface area contributed by atoms with Gasteiger partial charge in [0.25, 0.3) is 28.3 Å². The second-order valence-electron chi connectivity index (χ2n) is 12.8. The predicted molar refractivity (Wildman–Crippen MR) is 185 cm³/mol. The minimum absolute atomic E-state index is 0.287. The summed E-state index contributed by atoms with van der Waals surface area (Å²) in [6.07, 6.45) is 35.5. The molecular weight excluding hydrogens is 486 g/mol. The first kappa shape index (κ1) is 41.2. The standard InChI is InChI=1S/3C8H17.3C4H9.2Al/c3*1-3-5-7-8-6-4-2;3*1-3-4-2;;/h3*1,3-8H2,2H3;3*1,3-4H2,2H3;;. The topological polar surface area (TPSA) is 0 Å². The first-order chi connectivity index (χ1) is 18.7. The molecule has 0 amide bonds. The highest BCUT2D eigenvalue weighted by atomic mass is 27.2. The molecule has 0 saturated heterocycles. The molecule has 0 unspecified atom stereocenters. The lowest BCUT2D eigenvalue weighted by molar-refractivity contribution is 0.610. The first-order valence-corrected chi connectivity index (χ1v) is 23.6. The largest absolute Gasteiger partial charge is 0.261 e. The minimum atomic E-state index is -0.410. The van der Waals surface area contributed by atoms with Gasteiger partial charge >= 0.3 is 0 Å². The maximum atomic E-state index is 2.32. The number of unbranched alkanes of at least 4 members (excludes halogenated alkanes) is 18. The maximum absolute atomic E-state index is 2.32. The van der Waals surface area contributed by atoms with E-state index in [1.54, 1.807) is 51.0 Å². The van der Waals surface area contributed by atoms with Gasteiger partial charge < -0.3 is 0 Å². The normalized spacial score (nSPS) is 10.9. The van der Waals surface area contributed by atoms with Crippen LogP contribution >= 0.6 is 0 Å². The summed E-state index contributed by atoms with van der Waals surface area (Å²) in [5.74, 6) is 0. The molecule has 0 N–H and O–H groups in total. The lowest BCUT2D eigenvalue weighted by Crippen LogP contribution is -2.12. The number of rotatable bonds is 30. The molecule has 0 heterocycles. The van der Waals surface area contributed by atoms with Gasteiger partial charge in [-0.05, 0) is 0 Å². The molecule has 0 spiro atoms. The van der Waals surface area contributed by atoms with Crippen LogP contribution in [-0.4, -0.2) is 28.3 Å². The molecule has 0 fully saturated rings. The Labute approximate surface area is 254 Å². The summed E-state index contributed by atoms with van der Waals surface area (Å²) < 4.78 is 0. The summed E-state index contributed by atoms with van der Waals surface area (Å²) in [7, 11) is 0. The second-order valence-corrected chi connectivity index (χ2v) is 19.8. The van der Waals surface area contributed by atoms with Crippen molar-refractivity contribution in [2.24, 2.45) is 0 Å². The molecule has 0 bridgehead atoms. The highest BCUT2D eigenvalue weighted by molar-refractivity contribution is 6.59. The Kier molecular flexibility index (Phi) is 41.3. The lowest BCUT2D eigenvalue weighted by Gasteiger charge is -2.12. The number of hydrogen-bond acceptors (Lipinski definition) is 0. The van der Waals surface area contributed by atoms with E-state index in [0.29, 0.717) is 0 Å². The van der Waals surface area contributed by atoms with Crippen molar-refractivity contribution in [2.45, 2.75) is 227 Å². The van der Waals surface area contributed by atoms with Crippen LogP contribution in [0, 0.1) is 0 Å². The third-order valence-corrected chi connectivity index (χ3v) is 16.1. The van der Waals surface area contributed by atoms with Gasteiger partial charge in [-0.25, -0.2) is 0 Å². The zero-order valence-corrected chi connectivity index (χ0v) is 30.7. The van der Waals surface area contributed by atoms with E-state index in [0.717, 1.165) is 0 Å². The molecule has 0 aliphatic rings. The molecule has 0 saturated carbocycles. The van der Waals surface area contributed by atoms with Gasteiger partial charge in [-0.2, -0.15) is 0 Å². The molecule has 2 heteroatoms. The fraction of sp³-hybridized carbons (Fsp3) is 1.00. The molecule has 38 heavy (non-hydrogen) atoms. The van der Waals surface area contributed by atoms with E-state index >= 15 is 0 Å². The second kappa shape index (κ2) is 38.1. The molecule has 0 aromatic heterocycles. The summed E-state index contributed by atoms with van der Waals surface area (Å²) in [5, 5.41) is 9.85. The minimum Gasteiger partial charge on any atom is -0.0939 e. The molecular formula is C36H78Al2. The number of hydrogen-bond donors (Lipinski definition) is 0. The van der Waals surface area contributed by atoms with Crippen molar-refractivity contribution in [1.82, 2.24) is 0 Å². The predicted octanol–water partition coefficient (Wildman–Crippen LogP) is 14.4. The van der Waals surface area contributed by atoms with Gasteiger partial charge in [0.2, 0.25) is 0 Å². The molecule has 0 aliphatic carbocycles. The van der Waals surface area contributed by atoms with E-state index in [2.05, 4.69) is 41.5 Å². The smallest absolute Gasteiger partial charge is 0.0939 e. The highest BCUT2D eigenvalue weighted by Gasteiger charge is 2.16. The SMILES string of the molecule is CCCCCCC[CH2][Al]([CH2]CCCCCCC)[CH2]CCCCCCC.CCC[CH2][Al]([CH2]CCC)[CH2]CCC. The van der Waals surface area contributed by atoms with Gasteiger partial charge in [0.15, 0.2) is 0 Å².